The number of rotatable bonds is 4. The van der Waals surface area contributed by atoms with Crippen molar-refractivity contribution in [3.05, 3.63) is 35.9 Å². The fourth-order valence-electron chi connectivity index (χ4n) is 2.58. The molecule has 1 aliphatic rings. The van der Waals surface area contributed by atoms with Gasteiger partial charge in [-0.3, -0.25) is 15.0 Å². The first-order chi connectivity index (χ1) is 9.15. The predicted octanol–water partition coefficient (Wildman–Crippen LogP) is 0.888. The van der Waals surface area contributed by atoms with E-state index in [1.807, 2.05) is 18.2 Å². The molecule has 3 amide bonds. The average Bonchev–Trinajstić information content (AvgIpc) is 2.77. The van der Waals surface area contributed by atoms with E-state index in [1.54, 1.807) is 0 Å². The fraction of sp³-hybridized carbons (Fsp3) is 0.429. The summed E-state index contributed by atoms with van der Waals surface area (Å²) in [7, 11) is 0. The predicted molar refractivity (Wildman–Crippen MR) is 72.5 cm³/mol. The molecule has 1 unspecified atom stereocenters. The molecule has 1 aromatic rings. The molecule has 1 saturated heterocycles. The fourth-order valence-corrected chi connectivity index (χ4v) is 2.58. The first kappa shape index (κ1) is 13.5. The maximum atomic E-state index is 11.6. The lowest BCUT2D eigenvalue weighted by Gasteiger charge is -2.23. The molecule has 0 bridgehead atoms. The number of nitrogens with one attached hydrogen (secondary N) is 1. The minimum Gasteiger partial charge on any atom is -0.351 e. The molecule has 19 heavy (non-hydrogen) atoms. The number of benzene rings is 1. The zero-order chi connectivity index (χ0) is 13.7. The Hall–Kier alpha value is -1.88. The molecular formula is C14H19N3O2. The van der Waals surface area contributed by atoms with Crippen LogP contribution in [0.2, 0.25) is 0 Å². The van der Waals surface area contributed by atoms with Crippen LogP contribution in [0.15, 0.2) is 30.3 Å². The summed E-state index contributed by atoms with van der Waals surface area (Å²) in [6, 6.07) is 9.81. The number of urea groups is 1. The summed E-state index contributed by atoms with van der Waals surface area (Å²) < 4.78 is 0. The molecule has 0 radical (unpaired) electrons. The minimum atomic E-state index is -0.788. The third-order valence-corrected chi connectivity index (χ3v) is 3.42. The summed E-state index contributed by atoms with van der Waals surface area (Å²) in [5, 5.41) is 2.11. The van der Waals surface area contributed by atoms with Crippen LogP contribution >= 0.6 is 0 Å². The number of imide groups is 1. The molecule has 0 aliphatic carbocycles. The van der Waals surface area contributed by atoms with E-state index < -0.39 is 6.03 Å². The summed E-state index contributed by atoms with van der Waals surface area (Å²) in [6.45, 7) is 1.13. The number of nitrogens with zero attached hydrogens (tertiary/aromatic N) is 1. The lowest BCUT2D eigenvalue weighted by Crippen LogP contribution is -2.44. The van der Waals surface area contributed by atoms with Crippen molar-refractivity contribution >= 4 is 11.9 Å². The minimum absolute atomic E-state index is 0.237. The molecule has 102 valence electrons. The van der Waals surface area contributed by atoms with Gasteiger partial charge in [0.15, 0.2) is 0 Å². The average molecular weight is 261 g/mol. The van der Waals surface area contributed by atoms with Crippen molar-refractivity contribution in [2.45, 2.75) is 25.3 Å². The molecule has 5 nitrogen and oxygen atoms in total. The second-order valence-electron chi connectivity index (χ2n) is 4.87. The highest BCUT2D eigenvalue weighted by Gasteiger charge is 2.26. The van der Waals surface area contributed by atoms with Crippen molar-refractivity contribution in [1.82, 2.24) is 10.2 Å². The number of carbonyl (C=O) groups excluding carboxylic acids is 2. The standard InChI is InChI=1S/C14H19N3O2/c15-14(19)16-13(18)10-17-8-4-7-12(17)9-11-5-2-1-3-6-11/h1-3,5-6,12H,4,7-10H2,(H3,15,16,18,19). The maximum Gasteiger partial charge on any atom is 0.318 e. The van der Waals surface area contributed by atoms with Gasteiger partial charge in [-0.05, 0) is 31.4 Å². The van der Waals surface area contributed by atoms with Gasteiger partial charge in [-0.2, -0.15) is 0 Å². The van der Waals surface area contributed by atoms with Crippen LogP contribution in [-0.2, 0) is 11.2 Å². The van der Waals surface area contributed by atoms with Gasteiger partial charge in [0.1, 0.15) is 0 Å². The monoisotopic (exact) mass is 261 g/mol. The van der Waals surface area contributed by atoms with E-state index in [0.29, 0.717) is 6.04 Å². The van der Waals surface area contributed by atoms with Crippen LogP contribution in [0.3, 0.4) is 0 Å². The van der Waals surface area contributed by atoms with Gasteiger partial charge in [0.2, 0.25) is 5.91 Å². The largest absolute Gasteiger partial charge is 0.351 e. The van der Waals surface area contributed by atoms with E-state index >= 15 is 0 Å². The molecule has 3 N–H and O–H groups in total. The van der Waals surface area contributed by atoms with Crippen molar-refractivity contribution in [1.29, 1.82) is 0 Å². The zero-order valence-corrected chi connectivity index (χ0v) is 10.8. The molecule has 1 aliphatic heterocycles. The number of hydrogen-bond acceptors (Lipinski definition) is 3. The smallest absolute Gasteiger partial charge is 0.318 e. The summed E-state index contributed by atoms with van der Waals surface area (Å²) in [6.07, 6.45) is 3.10. The van der Waals surface area contributed by atoms with Crippen molar-refractivity contribution in [2.75, 3.05) is 13.1 Å². The molecule has 1 atom stereocenters. The van der Waals surface area contributed by atoms with E-state index in [2.05, 4.69) is 22.3 Å². The molecule has 5 heteroatoms. The van der Waals surface area contributed by atoms with Gasteiger partial charge in [0.05, 0.1) is 6.54 Å². The topological polar surface area (TPSA) is 75.4 Å². The Balaban J connectivity index is 1.90. The van der Waals surface area contributed by atoms with Gasteiger partial charge in [-0.1, -0.05) is 30.3 Å². The first-order valence-electron chi connectivity index (χ1n) is 6.52. The highest BCUT2D eigenvalue weighted by molar-refractivity contribution is 5.94. The zero-order valence-electron chi connectivity index (χ0n) is 10.8. The number of hydrogen-bond donors (Lipinski definition) is 2. The molecule has 1 aromatic carbocycles. The van der Waals surface area contributed by atoms with Crippen LogP contribution < -0.4 is 11.1 Å². The number of amides is 3. The Kier molecular flexibility index (Phi) is 4.52. The van der Waals surface area contributed by atoms with Crippen molar-refractivity contribution in [3.8, 4) is 0 Å². The van der Waals surface area contributed by atoms with Gasteiger partial charge >= 0.3 is 6.03 Å². The molecule has 0 spiro atoms. The Labute approximate surface area is 112 Å². The van der Waals surface area contributed by atoms with Crippen LogP contribution in [0.1, 0.15) is 18.4 Å². The number of likely N-dealkylation sites (tertiary alicyclic amines) is 1. The quantitative estimate of drug-likeness (QED) is 0.845. The van der Waals surface area contributed by atoms with E-state index in [9.17, 15) is 9.59 Å². The highest BCUT2D eigenvalue weighted by atomic mass is 16.2. The molecule has 1 heterocycles. The number of primary amides is 1. The summed E-state index contributed by atoms with van der Waals surface area (Å²) in [5.74, 6) is -0.326. The van der Waals surface area contributed by atoms with E-state index in [0.717, 1.165) is 25.8 Å². The van der Waals surface area contributed by atoms with Crippen molar-refractivity contribution < 1.29 is 9.59 Å². The molecule has 2 rings (SSSR count). The van der Waals surface area contributed by atoms with Crippen molar-refractivity contribution in [3.63, 3.8) is 0 Å². The van der Waals surface area contributed by atoms with Crippen LogP contribution in [0.5, 0.6) is 0 Å². The van der Waals surface area contributed by atoms with Crippen molar-refractivity contribution in [2.24, 2.45) is 5.73 Å². The number of nitrogens with two attached hydrogens (primary N) is 1. The summed E-state index contributed by atoms with van der Waals surface area (Å²) in [4.78, 5) is 24.3. The first-order valence-corrected chi connectivity index (χ1v) is 6.52. The maximum absolute atomic E-state index is 11.6. The lowest BCUT2D eigenvalue weighted by atomic mass is 10.0. The normalized spacial score (nSPS) is 19.3. The van der Waals surface area contributed by atoms with E-state index in [-0.39, 0.29) is 12.5 Å². The van der Waals surface area contributed by atoms with Crippen LogP contribution in [0, 0.1) is 0 Å². The Morgan fingerprint density at radius 3 is 2.74 bits per heavy atom. The van der Waals surface area contributed by atoms with Crippen LogP contribution in [0.4, 0.5) is 4.79 Å². The third kappa shape index (κ3) is 4.06. The second kappa shape index (κ2) is 6.33. The van der Waals surface area contributed by atoms with Gasteiger partial charge in [0.25, 0.3) is 0 Å². The second-order valence-corrected chi connectivity index (χ2v) is 4.87. The SMILES string of the molecule is NC(=O)NC(=O)CN1CCCC1Cc1ccccc1. The molecule has 1 fully saturated rings. The van der Waals surface area contributed by atoms with Crippen LogP contribution in [-0.4, -0.2) is 36.0 Å². The van der Waals surface area contributed by atoms with E-state index in [1.165, 1.54) is 5.56 Å². The third-order valence-electron chi connectivity index (χ3n) is 3.42. The summed E-state index contributed by atoms with van der Waals surface area (Å²) >= 11 is 0. The van der Waals surface area contributed by atoms with Gasteiger partial charge in [-0.15, -0.1) is 0 Å². The lowest BCUT2D eigenvalue weighted by molar-refractivity contribution is -0.121. The number of carbonyl (C=O) groups is 2. The highest BCUT2D eigenvalue weighted by Crippen LogP contribution is 2.20. The molecular weight excluding hydrogens is 242 g/mol. The van der Waals surface area contributed by atoms with Gasteiger partial charge < -0.3 is 5.73 Å². The molecule has 0 aromatic heterocycles. The van der Waals surface area contributed by atoms with Crippen LogP contribution in [0.25, 0.3) is 0 Å². The van der Waals surface area contributed by atoms with Gasteiger partial charge in [-0.25, -0.2) is 4.79 Å². The summed E-state index contributed by atoms with van der Waals surface area (Å²) in [5.41, 5.74) is 6.21. The molecule has 0 saturated carbocycles. The van der Waals surface area contributed by atoms with E-state index in [4.69, 9.17) is 5.73 Å². The van der Waals surface area contributed by atoms with Gasteiger partial charge in [0, 0.05) is 6.04 Å². The Morgan fingerprint density at radius 2 is 2.05 bits per heavy atom. The Morgan fingerprint density at radius 1 is 1.32 bits per heavy atom. The Bertz CT molecular complexity index is 447.